The van der Waals surface area contributed by atoms with E-state index in [-0.39, 0.29) is 0 Å². The molecule has 0 amide bonds. The first-order chi connectivity index (χ1) is 11.3. The number of furan rings is 1. The number of carboxylic acids is 2. The Hall–Kier alpha value is -2.84. The van der Waals surface area contributed by atoms with Gasteiger partial charge in [0, 0.05) is 30.1 Å². The second kappa shape index (κ2) is 9.33. The molecule has 2 aromatic rings. The Morgan fingerprint density at radius 3 is 2.38 bits per heavy atom. The molecule has 0 saturated heterocycles. The molecule has 1 aromatic carbocycles. The number of hydrogen-bond acceptors (Lipinski definition) is 6. The third-order valence-electron chi connectivity index (χ3n) is 2.73. The molecule has 0 bridgehead atoms. The van der Waals surface area contributed by atoms with Crippen LogP contribution in [-0.4, -0.2) is 40.4 Å². The molecule has 0 fully saturated rings. The molecule has 0 aliphatic rings. The van der Waals surface area contributed by atoms with E-state index in [0.717, 1.165) is 16.5 Å². The van der Waals surface area contributed by atoms with Gasteiger partial charge in [0.2, 0.25) is 0 Å². The zero-order valence-electron chi connectivity index (χ0n) is 13.0. The van der Waals surface area contributed by atoms with Gasteiger partial charge in [0.25, 0.3) is 5.95 Å². The molecule has 5 N–H and O–H groups in total. The summed E-state index contributed by atoms with van der Waals surface area (Å²) in [4.78, 5) is 19.1. The van der Waals surface area contributed by atoms with Gasteiger partial charge >= 0.3 is 11.9 Å². The molecule has 0 aliphatic carbocycles. The van der Waals surface area contributed by atoms with Crippen LogP contribution in [0.3, 0.4) is 0 Å². The molecule has 24 heavy (non-hydrogen) atoms. The van der Waals surface area contributed by atoms with Crippen LogP contribution in [0.1, 0.15) is 18.6 Å². The third-order valence-corrected chi connectivity index (χ3v) is 2.73. The van der Waals surface area contributed by atoms with Gasteiger partial charge in [-0.3, -0.25) is 0 Å². The molecule has 0 radical (unpaired) electrons. The highest BCUT2D eigenvalue weighted by molar-refractivity contribution is 5.89. The maximum atomic E-state index is 9.55. The number of aliphatic carboxylic acids is 2. The normalized spacial score (nSPS) is 11.8. The number of ether oxygens (including phenoxy) is 1. The lowest BCUT2D eigenvalue weighted by Gasteiger charge is -2.02. The van der Waals surface area contributed by atoms with Gasteiger partial charge in [-0.1, -0.05) is 6.07 Å². The lowest BCUT2D eigenvalue weighted by Crippen LogP contribution is -2.09. The fraction of sp³-hybridized carbons (Fsp3) is 0.250. The second-order valence-electron chi connectivity index (χ2n) is 4.69. The second-order valence-corrected chi connectivity index (χ2v) is 4.69. The maximum Gasteiger partial charge on any atom is 0.328 e. The summed E-state index contributed by atoms with van der Waals surface area (Å²) in [7, 11) is 0. The molecule has 0 saturated carbocycles. The SMILES string of the molecule is CC(O)c1ccc2oc(OCCN)cc2c1.O=C(O)C=CC(=O)O. The van der Waals surface area contributed by atoms with Crippen molar-refractivity contribution in [2.45, 2.75) is 13.0 Å². The topological polar surface area (TPSA) is 143 Å². The fourth-order valence-corrected chi connectivity index (χ4v) is 1.67. The lowest BCUT2D eigenvalue weighted by atomic mass is 10.1. The summed E-state index contributed by atoms with van der Waals surface area (Å²) in [5, 5.41) is 26.0. The van der Waals surface area contributed by atoms with Crippen LogP contribution in [0.25, 0.3) is 11.0 Å². The average molecular weight is 337 g/mol. The molecule has 1 aromatic heterocycles. The van der Waals surface area contributed by atoms with Crippen molar-refractivity contribution in [3.8, 4) is 5.95 Å². The largest absolute Gasteiger partial charge is 0.478 e. The first kappa shape index (κ1) is 19.2. The number of aliphatic hydroxyl groups is 1. The van der Waals surface area contributed by atoms with Crippen molar-refractivity contribution < 1.29 is 34.1 Å². The van der Waals surface area contributed by atoms with Crippen molar-refractivity contribution in [3.63, 3.8) is 0 Å². The van der Waals surface area contributed by atoms with Crippen LogP contribution in [0.2, 0.25) is 0 Å². The van der Waals surface area contributed by atoms with E-state index in [1.54, 1.807) is 13.0 Å². The highest BCUT2D eigenvalue weighted by Gasteiger charge is 2.07. The standard InChI is InChI=1S/C12H15NO3.C4H4O4/c1-8(14)9-2-3-11-10(6-9)7-12(16-11)15-5-4-13;5-3(6)1-2-4(7)8/h2-3,6-8,14H,4-5,13H2,1H3;1-2H,(H,5,6)(H,7,8). The summed E-state index contributed by atoms with van der Waals surface area (Å²) >= 11 is 0. The van der Waals surface area contributed by atoms with Gasteiger partial charge in [0.15, 0.2) is 0 Å². The minimum absolute atomic E-state index is 0.434. The van der Waals surface area contributed by atoms with E-state index in [1.165, 1.54) is 0 Å². The lowest BCUT2D eigenvalue weighted by molar-refractivity contribution is -0.134. The zero-order valence-corrected chi connectivity index (χ0v) is 13.0. The number of carbonyl (C=O) groups is 2. The Morgan fingerprint density at radius 1 is 1.25 bits per heavy atom. The number of hydrogen-bond donors (Lipinski definition) is 4. The summed E-state index contributed by atoms with van der Waals surface area (Å²) in [6, 6.07) is 7.35. The Bertz CT molecular complexity index is 702. The quantitative estimate of drug-likeness (QED) is 0.581. The van der Waals surface area contributed by atoms with Crippen molar-refractivity contribution in [3.05, 3.63) is 42.0 Å². The van der Waals surface area contributed by atoms with E-state index in [9.17, 15) is 14.7 Å². The van der Waals surface area contributed by atoms with Crippen molar-refractivity contribution in [2.75, 3.05) is 13.2 Å². The van der Waals surface area contributed by atoms with E-state index in [1.807, 2.05) is 18.2 Å². The molecule has 0 spiro atoms. The smallest absolute Gasteiger partial charge is 0.328 e. The first-order valence-corrected chi connectivity index (χ1v) is 7.02. The number of fused-ring (bicyclic) bond motifs is 1. The van der Waals surface area contributed by atoms with Gasteiger partial charge in [-0.15, -0.1) is 0 Å². The van der Waals surface area contributed by atoms with Crippen molar-refractivity contribution in [1.29, 1.82) is 0 Å². The van der Waals surface area contributed by atoms with Crippen LogP contribution in [0.15, 0.2) is 40.8 Å². The fourth-order valence-electron chi connectivity index (χ4n) is 1.67. The number of aliphatic hydroxyl groups excluding tert-OH is 1. The van der Waals surface area contributed by atoms with Gasteiger partial charge in [0.05, 0.1) is 6.10 Å². The summed E-state index contributed by atoms with van der Waals surface area (Å²) in [5.74, 6) is -2.05. The number of benzene rings is 1. The van der Waals surface area contributed by atoms with Crippen LogP contribution in [0, 0.1) is 0 Å². The molecule has 8 nitrogen and oxygen atoms in total. The predicted molar refractivity (Wildman–Crippen MR) is 85.8 cm³/mol. The van der Waals surface area contributed by atoms with Crippen molar-refractivity contribution >= 4 is 22.9 Å². The van der Waals surface area contributed by atoms with E-state index >= 15 is 0 Å². The van der Waals surface area contributed by atoms with E-state index < -0.39 is 18.0 Å². The molecular formula is C16H19NO7. The molecular weight excluding hydrogens is 318 g/mol. The van der Waals surface area contributed by atoms with E-state index in [0.29, 0.717) is 31.2 Å². The molecule has 1 atom stereocenters. The van der Waals surface area contributed by atoms with E-state index in [2.05, 4.69) is 0 Å². The molecule has 130 valence electrons. The highest BCUT2D eigenvalue weighted by atomic mass is 16.6. The Labute approximate surface area is 137 Å². The number of carboxylic acid groups (broad SMARTS) is 2. The zero-order chi connectivity index (χ0) is 18.1. The molecule has 8 heteroatoms. The van der Waals surface area contributed by atoms with Gasteiger partial charge in [-0.05, 0) is 24.6 Å². The minimum atomic E-state index is -1.26. The van der Waals surface area contributed by atoms with Crippen molar-refractivity contribution in [1.82, 2.24) is 0 Å². The van der Waals surface area contributed by atoms with Gasteiger partial charge in [-0.2, -0.15) is 0 Å². The maximum absolute atomic E-state index is 9.55. The highest BCUT2D eigenvalue weighted by Crippen LogP contribution is 2.27. The number of nitrogens with two attached hydrogens (primary N) is 1. The number of rotatable bonds is 6. The Morgan fingerprint density at radius 2 is 1.88 bits per heavy atom. The van der Waals surface area contributed by atoms with Crippen molar-refractivity contribution in [2.24, 2.45) is 5.73 Å². The Kier molecular flexibility index (Phi) is 7.47. The molecule has 2 rings (SSSR count). The Balaban J connectivity index is 0.000000307. The summed E-state index contributed by atoms with van der Waals surface area (Å²) < 4.78 is 10.7. The van der Waals surface area contributed by atoms with E-state index in [4.69, 9.17) is 25.1 Å². The monoisotopic (exact) mass is 337 g/mol. The molecule has 0 aliphatic heterocycles. The molecule has 1 unspecified atom stereocenters. The summed E-state index contributed by atoms with van der Waals surface area (Å²) in [6.07, 6.45) is 0.637. The summed E-state index contributed by atoms with van der Waals surface area (Å²) in [5.41, 5.74) is 6.94. The average Bonchev–Trinajstić information content (AvgIpc) is 2.93. The predicted octanol–water partition coefficient (Wildman–Crippen LogP) is 1.54. The van der Waals surface area contributed by atoms with Crippen LogP contribution >= 0.6 is 0 Å². The van der Waals surface area contributed by atoms with Crippen LogP contribution < -0.4 is 10.5 Å². The summed E-state index contributed by atoms with van der Waals surface area (Å²) in [6.45, 7) is 2.62. The van der Waals surface area contributed by atoms with Crippen LogP contribution in [0.5, 0.6) is 5.95 Å². The first-order valence-electron chi connectivity index (χ1n) is 7.02. The van der Waals surface area contributed by atoms with Gasteiger partial charge in [-0.25, -0.2) is 9.59 Å². The minimum Gasteiger partial charge on any atom is -0.478 e. The van der Waals surface area contributed by atoms with Gasteiger partial charge < -0.3 is 30.2 Å². The van der Waals surface area contributed by atoms with Crippen LogP contribution in [-0.2, 0) is 9.59 Å². The third kappa shape index (κ3) is 6.51. The van der Waals surface area contributed by atoms with Gasteiger partial charge in [0.1, 0.15) is 12.2 Å². The molecule has 1 heterocycles. The van der Waals surface area contributed by atoms with Crippen LogP contribution in [0.4, 0.5) is 0 Å².